The molecule has 1 unspecified atom stereocenters. The van der Waals surface area contributed by atoms with Gasteiger partial charge in [-0.25, -0.2) is 4.79 Å². The van der Waals surface area contributed by atoms with Crippen LogP contribution in [0, 0.1) is 5.92 Å². The fourth-order valence-electron chi connectivity index (χ4n) is 4.79. The summed E-state index contributed by atoms with van der Waals surface area (Å²) in [5, 5.41) is 11.6. The van der Waals surface area contributed by atoms with Gasteiger partial charge in [-0.05, 0) is 34.6 Å². The van der Waals surface area contributed by atoms with Gasteiger partial charge in [0.25, 0.3) is 0 Å². The van der Waals surface area contributed by atoms with Crippen LogP contribution < -0.4 is 5.32 Å². The highest BCUT2D eigenvalue weighted by atomic mass is 16.5. The van der Waals surface area contributed by atoms with Crippen LogP contribution in [0.15, 0.2) is 48.5 Å². The van der Waals surface area contributed by atoms with Crippen LogP contribution in [-0.4, -0.2) is 67.4 Å². The number of carbonyl (C=O) groups is 3. The summed E-state index contributed by atoms with van der Waals surface area (Å²) >= 11 is 0. The van der Waals surface area contributed by atoms with Gasteiger partial charge in [-0.3, -0.25) is 9.59 Å². The Kier molecular flexibility index (Phi) is 6.93. The summed E-state index contributed by atoms with van der Waals surface area (Å²) in [5.74, 6) is -1.32. The van der Waals surface area contributed by atoms with Crippen LogP contribution >= 0.6 is 0 Å². The Bertz CT molecular complexity index is 994. The highest BCUT2D eigenvalue weighted by molar-refractivity contribution is 5.86. The zero-order valence-electron chi connectivity index (χ0n) is 18.5. The number of methoxy groups -OCH3 is 1. The van der Waals surface area contributed by atoms with Gasteiger partial charge in [0.05, 0.1) is 6.61 Å². The zero-order chi connectivity index (χ0) is 23.4. The van der Waals surface area contributed by atoms with Crippen LogP contribution in [0.3, 0.4) is 0 Å². The van der Waals surface area contributed by atoms with Crippen molar-refractivity contribution < 1.29 is 29.0 Å². The number of carboxylic acids is 1. The normalized spacial score (nSPS) is 17.8. The number of likely N-dealkylation sites (tertiary alicyclic amines) is 1. The van der Waals surface area contributed by atoms with Crippen molar-refractivity contribution in [1.82, 2.24) is 10.2 Å². The third-order valence-electron chi connectivity index (χ3n) is 6.33. The van der Waals surface area contributed by atoms with Crippen LogP contribution in [0.5, 0.6) is 0 Å². The highest BCUT2D eigenvalue weighted by Crippen LogP contribution is 2.44. The Hall–Kier alpha value is -3.39. The minimum absolute atomic E-state index is 0.00310. The molecule has 1 saturated heterocycles. The van der Waals surface area contributed by atoms with E-state index in [0.29, 0.717) is 19.5 Å². The molecule has 0 spiro atoms. The fourth-order valence-corrected chi connectivity index (χ4v) is 4.79. The maximum Gasteiger partial charge on any atom is 0.407 e. The summed E-state index contributed by atoms with van der Waals surface area (Å²) < 4.78 is 10.7. The number of hydrogen-bond acceptors (Lipinski definition) is 5. The molecule has 33 heavy (non-hydrogen) atoms. The molecule has 8 nitrogen and oxygen atoms in total. The second-order valence-corrected chi connectivity index (χ2v) is 8.51. The van der Waals surface area contributed by atoms with Crippen molar-refractivity contribution in [2.24, 2.45) is 5.92 Å². The lowest BCUT2D eigenvalue weighted by atomic mass is 9.98. The summed E-state index contributed by atoms with van der Waals surface area (Å²) in [4.78, 5) is 38.1. The number of carboxylic acid groups (broad SMARTS) is 1. The number of hydrogen-bond donors (Lipinski definition) is 2. The van der Waals surface area contributed by atoms with Gasteiger partial charge in [0.2, 0.25) is 5.91 Å². The van der Waals surface area contributed by atoms with Crippen LogP contribution in [0.25, 0.3) is 11.1 Å². The first-order chi connectivity index (χ1) is 16.0. The number of fused-ring (bicyclic) bond motifs is 3. The summed E-state index contributed by atoms with van der Waals surface area (Å²) in [6.07, 6.45) is -0.0325. The van der Waals surface area contributed by atoms with Gasteiger partial charge in [-0.1, -0.05) is 48.5 Å². The molecule has 0 saturated carbocycles. The van der Waals surface area contributed by atoms with Crippen molar-refractivity contribution in [2.75, 3.05) is 33.4 Å². The quantitative estimate of drug-likeness (QED) is 0.638. The number of nitrogens with zero attached hydrogens (tertiary/aromatic N) is 1. The zero-order valence-corrected chi connectivity index (χ0v) is 18.5. The first-order valence-electron chi connectivity index (χ1n) is 11.1. The second kappa shape index (κ2) is 10.0. The number of amides is 2. The number of benzene rings is 2. The van der Waals surface area contributed by atoms with E-state index in [1.807, 2.05) is 36.4 Å². The molecule has 2 N–H and O–H groups in total. The maximum absolute atomic E-state index is 12.9. The van der Waals surface area contributed by atoms with E-state index in [1.54, 1.807) is 4.90 Å². The molecule has 2 amide bonds. The first-order valence-corrected chi connectivity index (χ1v) is 11.1. The molecule has 2 aromatic carbocycles. The van der Waals surface area contributed by atoms with Gasteiger partial charge in [0, 0.05) is 32.5 Å². The Morgan fingerprint density at radius 1 is 1.09 bits per heavy atom. The molecule has 174 valence electrons. The molecule has 2 aliphatic rings. The van der Waals surface area contributed by atoms with Gasteiger partial charge in [0.15, 0.2) is 0 Å². The minimum atomic E-state index is -0.894. The van der Waals surface area contributed by atoms with E-state index in [9.17, 15) is 14.4 Å². The van der Waals surface area contributed by atoms with Crippen molar-refractivity contribution in [3.63, 3.8) is 0 Å². The first kappa shape index (κ1) is 22.8. The largest absolute Gasteiger partial charge is 0.481 e. The molecule has 0 radical (unpaired) electrons. The number of nitrogens with one attached hydrogen (secondary N) is 1. The number of alkyl carbamates (subject to hydrolysis) is 1. The molecule has 1 aliphatic carbocycles. The monoisotopic (exact) mass is 452 g/mol. The Labute approximate surface area is 192 Å². The number of carbonyl (C=O) groups excluding carboxylic acids is 2. The topological polar surface area (TPSA) is 105 Å². The number of aliphatic carboxylic acids is 1. The van der Waals surface area contributed by atoms with Crippen molar-refractivity contribution in [1.29, 1.82) is 0 Å². The third-order valence-corrected chi connectivity index (χ3v) is 6.33. The molecule has 8 heteroatoms. The lowest BCUT2D eigenvalue weighted by molar-refractivity contribution is -0.139. The molecule has 1 aliphatic heterocycles. The van der Waals surface area contributed by atoms with Crippen molar-refractivity contribution in [3.8, 4) is 11.1 Å². The second-order valence-electron chi connectivity index (χ2n) is 8.51. The Balaban J connectivity index is 1.37. The highest BCUT2D eigenvalue weighted by Gasteiger charge is 2.34. The van der Waals surface area contributed by atoms with Crippen LogP contribution in [0.4, 0.5) is 4.79 Å². The Morgan fingerprint density at radius 2 is 1.73 bits per heavy atom. The standard InChI is InChI=1S/C25H28N2O6/c1-32-15-22(24(30)27-11-10-16(13-27)12-23(28)29)26-25(31)33-14-21-19-8-4-2-6-17(19)18-7-3-5-9-20(18)21/h2-9,16,21-22H,10-15H2,1H3,(H,26,31)(H,28,29)/t16?,22-/m0/s1. The predicted octanol–water partition coefficient (Wildman–Crippen LogP) is 2.86. The molecule has 1 heterocycles. The van der Waals surface area contributed by atoms with E-state index in [-0.39, 0.29) is 37.4 Å². The summed E-state index contributed by atoms with van der Waals surface area (Å²) in [7, 11) is 1.46. The van der Waals surface area contributed by atoms with Gasteiger partial charge in [0.1, 0.15) is 12.6 Å². The average Bonchev–Trinajstić information content (AvgIpc) is 3.39. The minimum Gasteiger partial charge on any atom is -0.481 e. The summed E-state index contributed by atoms with van der Waals surface area (Å²) in [5.41, 5.74) is 4.49. The van der Waals surface area contributed by atoms with Gasteiger partial charge < -0.3 is 24.8 Å². The maximum atomic E-state index is 12.9. The lowest BCUT2D eigenvalue weighted by Gasteiger charge is -2.24. The van der Waals surface area contributed by atoms with E-state index in [1.165, 1.54) is 7.11 Å². The van der Waals surface area contributed by atoms with E-state index in [2.05, 4.69) is 17.4 Å². The Morgan fingerprint density at radius 3 is 2.33 bits per heavy atom. The van der Waals surface area contributed by atoms with Crippen molar-refractivity contribution in [3.05, 3.63) is 59.7 Å². The van der Waals surface area contributed by atoms with Crippen LogP contribution in [0.1, 0.15) is 29.9 Å². The fraction of sp³-hybridized carbons (Fsp3) is 0.400. The van der Waals surface area contributed by atoms with E-state index < -0.39 is 18.1 Å². The SMILES string of the molecule is COC[C@H](NC(=O)OCC1c2ccccc2-c2ccccc21)C(=O)N1CCC(CC(=O)O)C1. The van der Waals surface area contributed by atoms with Crippen LogP contribution in [-0.2, 0) is 19.1 Å². The van der Waals surface area contributed by atoms with E-state index in [0.717, 1.165) is 22.3 Å². The number of ether oxygens (including phenoxy) is 2. The van der Waals surface area contributed by atoms with E-state index in [4.69, 9.17) is 14.6 Å². The molecule has 2 atom stereocenters. The van der Waals surface area contributed by atoms with E-state index >= 15 is 0 Å². The molecule has 2 aromatic rings. The summed E-state index contributed by atoms with van der Waals surface area (Å²) in [6.45, 7) is 0.975. The van der Waals surface area contributed by atoms with Gasteiger partial charge >= 0.3 is 12.1 Å². The van der Waals surface area contributed by atoms with Gasteiger partial charge in [-0.15, -0.1) is 0 Å². The lowest BCUT2D eigenvalue weighted by Crippen LogP contribution is -2.50. The van der Waals surface area contributed by atoms with Crippen molar-refractivity contribution in [2.45, 2.75) is 24.8 Å². The average molecular weight is 453 g/mol. The molecular weight excluding hydrogens is 424 g/mol. The number of rotatable bonds is 8. The van der Waals surface area contributed by atoms with Crippen molar-refractivity contribution >= 4 is 18.0 Å². The molecule has 0 aromatic heterocycles. The molecule has 4 rings (SSSR count). The molecule has 1 fully saturated rings. The smallest absolute Gasteiger partial charge is 0.407 e. The molecular formula is C25H28N2O6. The summed E-state index contributed by atoms with van der Waals surface area (Å²) in [6, 6.07) is 15.2. The third kappa shape index (κ3) is 5.01. The predicted molar refractivity (Wildman–Crippen MR) is 121 cm³/mol. The van der Waals surface area contributed by atoms with Crippen LogP contribution in [0.2, 0.25) is 0 Å². The molecule has 0 bridgehead atoms. The van der Waals surface area contributed by atoms with Gasteiger partial charge in [-0.2, -0.15) is 0 Å².